The van der Waals surface area contributed by atoms with Crippen molar-refractivity contribution in [2.45, 2.75) is 40.5 Å². The fourth-order valence-corrected chi connectivity index (χ4v) is 2.43. The fourth-order valence-electron chi connectivity index (χ4n) is 2.43. The van der Waals surface area contributed by atoms with E-state index in [4.69, 9.17) is 15.2 Å². The summed E-state index contributed by atoms with van der Waals surface area (Å²) in [5.41, 5.74) is 6.91. The number of carbonyl (C=O) groups is 2. The third-order valence-electron chi connectivity index (χ3n) is 3.80. The largest absolute Gasteiger partial charge is 0.462 e. The van der Waals surface area contributed by atoms with Crippen molar-refractivity contribution < 1.29 is 19.1 Å². The zero-order chi connectivity index (χ0) is 20.7. The molecule has 0 amide bonds. The summed E-state index contributed by atoms with van der Waals surface area (Å²) in [5.74, 6) is 0.588. The molecule has 0 aromatic carbocycles. The maximum absolute atomic E-state index is 12.1. The minimum absolute atomic E-state index is 0.133. The van der Waals surface area contributed by atoms with Crippen LogP contribution in [0.15, 0.2) is 11.8 Å². The Morgan fingerprint density at radius 3 is 2.00 bits per heavy atom. The Labute approximate surface area is 162 Å². The van der Waals surface area contributed by atoms with Gasteiger partial charge in [-0.05, 0) is 13.8 Å². The minimum Gasteiger partial charge on any atom is -0.462 e. The van der Waals surface area contributed by atoms with Gasteiger partial charge in [0, 0.05) is 19.0 Å². The highest BCUT2D eigenvalue weighted by Crippen LogP contribution is 2.29. The average Bonchev–Trinajstić information content (AvgIpc) is 3.25. The van der Waals surface area contributed by atoms with Crippen LogP contribution in [-0.2, 0) is 31.9 Å². The van der Waals surface area contributed by atoms with Gasteiger partial charge in [-0.3, -0.25) is 0 Å². The number of nitrogens with zero attached hydrogens (tertiary/aromatic N) is 2. The summed E-state index contributed by atoms with van der Waals surface area (Å²) in [6.07, 6.45) is 2.57. The molecule has 10 nitrogen and oxygen atoms in total. The van der Waals surface area contributed by atoms with Gasteiger partial charge in [-0.1, -0.05) is 13.8 Å². The number of nitrogens with two attached hydrogens (primary N) is 1. The highest BCUT2D eigenvalue weighted by atomic mass is 16.6. The number of anilines is 2. The van der Waals surface area contributed by atoms with Crippen molar-refractivity contribution in [1.82, 2.24) is 19.9 Å². The molecular formula is C18H26N6O4. The van der Waals surface area contributed by atoms with Gasteiger partial charge in [0.05, 0.1) is 13.2 Å². The van der Waals surface area contributed by atoms with E-state index in [0.717, 1.165) is 5.82 Å². The van der Waals surface area contributed by atoms with E-state index in [0.29, 0.717) is 41.7 Å². The van der Waals surface area contributed by atoms with Crippen molar-refractivity contribution in [3.05, 3.63) is 23.4 Å². The Bertz CT molecular complexity index is 848. The number of imidazole rings is 2. The lowest BCUT2D eigenvalue weighted by Gasteiger charge is -2.07. The maximum Gasteiger partial charge on any atom is 0.347 e. The molecule has 0 radical (unpaired) electrons. The van der Waals surface area contributed by atoms with Crippen LogP contribution in [0.25, 0.3) is 11.4 Å². The summed E-state index contributed by atoms with van der Waals surface area (Å²) in [6.45, 7) is 7.47. The number of rotatable bonds is 9. The van der Waals surface area contributed by atoms with E-state index in [2.05, 4.69) is 25.3 Å². The van der Waals surface area contributed by atoms with Crippen molar-refractivity contribution in [3.63, 3.8) is 0 Å². The molecule has 0 aliphatic rings. The van der Waals surface area contributed by atoms with Crippen LogP contribution in [0.3, 0.4) is 0 Å². The molecule has 5 N–H and O–H groups in total. The second-order valence-electron chi connectivity index (χ2n) is 5.70. The van der Waals surface area contributed by atoms with Gasteiger partial charge in [-0.25, -0.2) is 19.6 Å². The molecule has 2 aromatic rings. The van der Waals surface area contributed by atoms with Gasteiger partial charge >= 0.3 is 11.9 Å². The lowest BCUT2D eigenvalue weighted by molar-refractivity contribution is -0.146. The number of nitrogen functional groups attached to an aromatic ring is 1. The molecule has 2 rings (SSSR count). The lowest BCUT2D eigenvalue weighted by Crippen LogP contribution is -2.19. The second-order valence-corrected chi connectivity index (χ2v) is 5.70. The third kappa shape index (κ3) is 4.70. The van der Waals surface area contributed by atoms with Gasteiger partial charge < -0.3 is 30.5 Å². The smallest absolute Gasteiger partial charge is 0.347 e. The van der Waals surface area contributed by atoms with Crippen molar-refractivity contribution >= 4 is 23.6 Å². The molecule has 0 bridgehead atoms. The minimum atomic E-state index is -0.782. The number of H-pyrrole nitrogens is 2. The molecule has 0 saturated carbocycles. The van der Waals surface area contributed by atoms with E-state index >= 15 is 0 Å². The molecule has 0 aliphatic heterocycles. The van der Waals surface area contributed by atoms with Crippen LogP contribution in [-0.4, -0.2) is 45.1 Å². The quantitative estimate of drug-likeness (QED) is 0.220. The fraction of sp³-hybridized carbons (Fsp3) is 0.444. The normalized spacial score (nSPS) is 10.4. The highest BCUT2D eigenvalue weighted by Gasteiger charge is 2.22. The monoisotopic (exact) mass is 390 g/mol. The first-order valence-corrected chi connectivity index (χ1v) is 9.19. The van der Waals surface area contributed by atoms with Gasteiger partial charge in [0.25, 0.3) is 0 Å². The van der Waals surface area contributed by atoms with E-state index in [9.17, 15) is 9.59 Å². The van der Waals surface area contributed by atoms with Crippen LogP contribution in [0.5, 0.6) is 0 Å². The number of hydrogen-bond acceptors (Lipinski definition) is 8. The Morgan fingerprint density at radius 1 is 0.964 bits per heavy atom. The van der Waals surface area contributed by atoms with Gasteiger partial charge in [0.15, 0.2) is 17.2 Å². The van der Waals surface area contributed by atoms with Crippen molar-refractivity contribution in [3.8, 4) is 11.4 Å². The summed E-state index contributed by atoms with van der Waals surface area (Å²) in [6, 6.07) is 0. The summed E-state index contributed by atoms with van der Waals surface area (Å²) in [7, 11) is 0. The van der Waals surface area contributed by atoms with E-state index in [1.165, 1.54) is 6.20 Å². The van der Waals surface area contributed by atoms with Crippen LogP contribution in [0.2, 0.25) is 0 Å². The molecular weight excluding hydrogens is 364 g/mol. The number of ether oxygens (including phenoxy) is 2. The van der Waals surface area contributed by atoms with Crippen LogP contribution < -0.4 is 11.1 Å². The Kier molecular flexibility index (Phi) is 7.19. The van der Waals surface area contributed by atoms with Crippen LogP contribution in [0, 0.1) is 0 Å². The molecule has 152 valence electrons. The zero-order valence-electron chi connectivity index (χ0n) is 16.5. The SMILES string of the molecule is CCOC(=O)C(=CNc1nc(CC)[nH]c1-c1[nH]c(CC)nc1N)C(=O)OCC. The van der Waals surface area contributed by atoms with Crippen molar-refractivity contribution in [1.29, 1.82) is 0 Å². The zero-order valence-corrected chi connectivity index (χ0v) is 16.5. The molecule has 0 atom stereocenters. The third-order valence-corrected chi connectivity index (χ3v) is 3.80. The first kappa shape index (κ1) is 21.0. The molecule has 2 aromatic heterocycles. The maximum atomic E-state index is 12.1. The van der Waals surface area contributed by atoms with E-state index < -0.39 is 11.9 Å². The molecule has 2 heterocycles. The molecule has 0 saturated heterocycles. The summed E-state index contributed by atoms with van der Waals surface area (Å²) in [4.78, 5) is 39.2. The van der Waals surface area contributed by atoms with E-state index in [1.807, 2.05) is 13.8 Å². The molecule has 28 heavy (non-hydrogen) atoms. The molecule has 0 fully saturated rings. The first-order valence-electron chi connectivity index (χ1n) is 9.19. The highest BCUT2D eigenvalue weighted by molar-refractivity contribution is 6.14. The van der Waals surface area contributed by atoms with Crippen molar-refractivity contribution in [2.75, 3.05) is 24.3 Å². The van der Waals surface area contributed by atoms with Gasteiger partial charge in [0.1, 0.15) is 23.0 Å². The molecule has 0 unspecified atom stereocenters. The Morgan fingerprint density at radius 2 is 1.50 bits per heavy atom. The molecule has 0 aliphatic carbocycles. The van der Waals surface area contributed by atoms with Gasteiger partial charge in [-0.2, -0.15) is 0 Å². The number of hydrogen-bond donors (Lipinski definition) is 4. The van der Waals surface area contributed by atoms with Crippen LogP contribution in [0.4, 0.5) is 11.6 Å². The number of aryl methyl sites for hydroxylation is 2. The van der Waals surface area contributed by atoms with E-state index in [-0.39, 0.29) is 18.8 Å². The number of aromatic amines is 2. The number of nitrogens with one attached hydrogen (secondary N) is 3. The lowest BCUT2D eigenvalue weighted by atomic mass is 10.3. The molecule has 0 spiro atoms. The summed E-state index contributed by atoms with van der Waals surface area (Å²) < 4.78 is 9.85. The Balaban J connectivity index is 2.41. The predicted octanol–water partition coefficient (Wildman–Crippen LogP) is 1.93. The second kappa shape index (κ2) is 9.58. The standard InChI is InChI=1S/C18H26N6O4/c1-5-11-21-13(15(19)23-11)14-16(24-12(6-2)22-14)20-9-10(17(25)27-7-3)18(26)28-8-4/h9,20H,5-8,19H2,1-4H3,(H,21,23)(H,22,24). The summed E-state index contributed by atoms with van der Waals surface area (Å²) >= 11 is 0. The molecule has 10 heteroatoms. The van der Waals surface area contributed by atoms with Gasteiger partial charge in [-0.15, -0.1) is 0 Å². The Hall–Kier alpha value is -3.30. The van der Waals surface area contributed by atoms with Crippen LogP contribution >= 0.6 is 0 Å². The number of aromatic nitrogens is 4. The van der Waals surface area contributed by atoms with Gasteiger partial charge in [0.2, 0.25) is 0 Å². The number of carbonyl (C=O) groups excluding carboxylic acids is 2. The average molecular weight is 390 g/mol. The topological polar surface area (TPSA) is 148 Å². The number of esters is 2. The van der Waals surface area contributed by atoms with Crippen molar-refractivity contribution in [2.24, 2.45) is 0 Å². The summed E-state index contributed by atoms with van der Waals surface area (Å²) in [5, 5.41) is 2.89. The first-order chi connectivity index (χ1) is 13.4. The predicted molar refractivity (Wildman–Crippen MR) is 104 cm³/mol. The van der Waals surface area contributed by atoms with Crippen LogP contribution in [0.1, 0.15) is 39.3 Å². The van der Waals surface area contributed by atoms with E-state index in [1.54, 1.807) is 13.8 Å².